The second-order valence-electron chi connectivity index (χ2n) is 12.6. The van der Waals surface area contributed by atoms with Gasteiger partial charge in [-0.2, -0.15) is 18.4 Å². The van der Waals surface area contributed by atoms with Crippen LogP contribution in [0.5, 0.6) is 0 Å². The summed E-state index contributed by atoms with van der Waals surface area (Å²) >= 11 is 0. The van der Waals surface area contributed by atoms with E-state index in [2.05, 4.69) is 22.0 Å². The molecule has 3 amide bonds. The summed E-state index contributed by atoms with van der Waals surface area (Å²) in [6.45, 7) is 7.92. The van der Waals surface area contributed by atoms with Crippen LogP contribution in [0.15, 0.2) is 0 Å². The van der Waals surface area contributed by atoms with E-state index in [1.165, 1.54) is 4.90 Å². The van der Waals surface area contributed by atoms with Crippen molar-refractivity contribution in [2.24, 2.45) is 23.2 Å². The van der Waals surface area contributed by atoms with Crippen molar-refractivity contribution in [3.8, 4) is 6.07 Å². The lowest BCUT2D eigenvalue weighted by atomic mass is 9.83. The molecule has 8 nitrogen and oxygen atoms in total. The van der Waals surface area contributed by atoms with Gasteiger partial charge in [0.1, 0.15) is 12.1 Å². The minimum Gasteiger partial charge on any atom is -0.351 e. The van der Waals surface area contributed by atoms with Gasteiger partial charge in [0, 0.05) is 18.0 Å². The molecule has 0 aromatic rings. The number of likely N-dealkylation sites (tertiary alicyclic amines) is 1. The predicted molar refractivity (Wildman–Crippen MR) is 131 cm³/mol. The van der Waals surface area contributed by atoms with Crippen molar-refractivity contribution in [3.63, 3.8) is 0 Å². The Hall–Kier alpha value is -2.35. The minimum absolute atomic E-state index is 0.0924. The molecule has 0 unspecified atom stereocenters. The molecule has 37 heavy (non-hydrogen) atoms. The van der Waals surface area contributed by atoms with Crippen LogP contribution in [0, 0.1) is 34.5 Å². The molecule has 2 aliphatic heterocycles. The Morgan fingerprint density at radius 2 is 1.89 bits per heavy atom. The fourth-order valence-corrected chi connectivity index (χ4v) is 6.09. The number of fused-ring (bicyclic) bond motifs is 1. The fraction of sp³-hybridized carbons (Fsp3) is 0.846. The largest absolute Gasteiger partial charge is 0.401 e. The van der Waals surface area contributed by atoms with E-state index < -0.39 is 54.0 Å². The molecule has 0 spiro atoms. The van der Waals surface area contributed by atoms with Gasteiger partial charge >= 0.3 is 6.18 Å². The number of amides is 3. The third kappa shape index (κ3) is 7.15. The number of carbonyl (C=O) groups excluding carboxylic acids is 3. The van der Waals surface area contributed by atoms with Crippen molar-refractivity contribution in [3.05, 3.63) is 0 Å². The lowest BCUT2D eigenvalue weighted by Gasteiger charge is -2.37. The molecule has 1 aliphatic carbocycles. The standard InChI is InChI=1S/C26H40F3N5O3/c1-24(2,3)20(31-14-26(27,28)29)23(37)34-13-16-7-6-8-18(16)19(34)22(36)32-17(12-30)11-15-9-10-25(4,5)33-21(15)35/h15-20,31H,6-11,13-14H2,1-5H3,(H,32,36)(H,33,35)/t15-,16-,17-,18-,19-,20+/m0/s1. The van der Waals surface area contributed by atoms with Crippen LogP contribution in [-0.4, -0.2) is 65.6 Å². The summed E-state index contributed by atoms with van der Waals surface area (Å²) in [6.07, 6.45) is -0.476. The van der Waals surface area contributed by atoms with Crippen LogP contribution < -0.4 is 16.0 Å². The Kier molecular flexibility index (Phi) is 8.52. The summed E-state index contributed by atoms with van der Waals surface area (Å²) in [6, 6.07) is -0.822. The number of hydrogen-bond acceptors (Lipinski definition) is 5. The van der Waals surface area contributed by atoms with Crippen molar-refractivity contribution in [1.29, 1.82) is 5.26 Å². The molecule has 3 aliphatic rings. The fourth-order valence-electron chi connectivity index (χ4n) is 6.09. The molecule has 2 saturated heterocycles. The highest BCUT2D eigenvalue weighted by atomic mass is 19.4. The molecule has 0 aromatic heterocycles. The van der Waals surface area contributed by atoms with Crippen LogP contribution >= 0.6 is 0 Å². The second-order valence-corrected chi connectivity index (χ2v) is 12.6. The number of piperidine rings is 1. The van der Waals surface area contributed by atoms with E-state index in [1.54, 1.807) is 20.8 Å². The Morgan fingerprint density at radius 1 is 1.22 bits per heavy atom. The maximum Gasteiger partial charge on any atom is 0.401 e. The number of hydrogen-bond donors (Lipinski definition) is 3. The molecule has 208 valence electrons. The highest BCUT2D eigenvalue weighted by Gasteiger charge is 2.52. The van der Waals surface area contributed by atoms with Gasteiger partial charge in [0.25, 0.3) is 0 Å². The van der Waals surface area contributed by atoms with Crippen molar-refractivity contribution in [2.75, 3.05) is 13.1 Å². The number of carbonyl (C=O) groups is 3. The molecule has 3 N–H and O–H groups in total. The zero-order valence-corrected chi connectivity index (χ0v) is 22.4. The average Bonchev–Trinajstić information content (AvgIpc) is 3.33. The number of nitriles is 1. The molecule has 0 bridgehead atoms. The quantitative estimate of drug-likeness (QED) is 0.471. The molecule has 6 atom stereocenters. The van der Waals surface area contributed by atoms with Crippen molar-refractivity contribution >= 4 is 17.7 Å². The zero-order valence-electron chi connectivity index (χ0n) is 22.4. The van der Waals surface area contributed by atoms with Crippen LogP contribution in [0.4, 0.5) is 13.2 Å². The summed E-state index contributed by atoms with van der Waals surface area (Å²) in [7, 11) is 0. The van der Waals surface area contributed by atoms with Crippen LogP contribution in [0.1, 0.15) is 73.1 Å². The third-order valence-corrected chi connectivity index (χ3v) is 8.00. The highest BCUT2D eigenvalue weighted by molar-refractivity contribution is 5.91. The van der Waals surface area contributed by atoms with E-state index in [-0.39, 0.29) is 29.7 Å². The van der Waals surface area contributed by atoms with E-state index >= 15 is 0 Å². The Balaban J connectivity index is 1.76. The van der Waals surface area contributed by atoms with Crippen LogP contribution in [-0.2, 0) is 14.4 Å². The van der Waals surface area contributed by atoms with Crippen LogP contribution in [0.3, 0.4) is 0 Å². The molecular weight excluding hydrogens is 487 g/mol. The summed E-state index contributed by atoms with van der Waals surface area (Å²) in [4.78, 5) is 41.1. The van der Waals surface area contributed by atoms with Crippen LogP contribution in [0.25, 0.3) is 0 Å². The zero-order chi connectivity index (χ0) is 27.8. The smallest absolute Gasteiger partial charge is 0.351 e. The van der Waals surface area contributed by atoms with Gasteiger partial charge in [0.15, 0.2) is 0 Å². The van der Waals surface area contributed by atoms with Crippen LogP contribution in [0.2, 0.25) is 0 Å². The monoisotopic (exact) mass is 527 g/mol. The third-order valence-electron chi connectivity index (χ3n) is 8.00. The van der Waals surface area contributed by atoms with Gasteiger partial charge in [-0.25, -0.2) is 0 Å². The lowest BCUT2D eigenvalue weighted by Crippen LogP contribution is -2.59. The second kappa shape index (κ2) is 10.8. The highest BCUT2D eigenvalue weighted by Crippen LogP contribution is 2.43. The molecule has 3 fully saturated rings. The van der Waals surface area contributed by atoms with E-state index in [4.69, 9.17) is 0 Å². The van der Waals surface area contributed by atoms with Gasteiger partial charge in [0.2, 0.25) is 17.7 Å². The molecule has 0 aromatic carbocycles. The van der Waals surface area contributed by atoms with Crippen molar-refractivity contribution in [2.45, 2.75) is 103 Å². The van der Waals surface area contributed by atoms with Gasteiger partial charge in [-0.3, -0.25) is 19.7 Å². The molecule has 0 radical (unpaired) electrons. The Bertz CT molecular complexity index is 924. The Labute approximate surface area is 217 Å². The summed E-state index contributed by atoms with van der Waals surface area (Å²) in [5.74, 6) is -1.58. The first kappa shape index (κ1) is 29.2. The molecular formula is C26H40F3N5O3. The maximum atomic E-state index is 13.6. The lowest BCUT2D eigenvalue weighted by molar-refractivity contribution is -0.147. The number of rotatable bonds is 7. The van der Waals surface area contributed by atoms with E-state index in [0.29, 0.717) is 13.0 Å². The summed E-state index contributed by atoms with van der Waals surface area (Å²) in [5, 5.41) is 17.8. The maximum absolute atomic E-state index is 13.6. The molecule has 2 heterocycles. The van der Waals surface area contributed by atoms with E-state index in [0.717, 1.165) is 25.7 Å². The van der Waals surface area contributed by atoms with E-state index in [1.807, 2.05) is 13.8 Å². The summed E-state index contributed by atoms with van der Waals surface area (Å²) < 4.78 is 38.9. The van der Waals surface area contributed by atoms with Gasteiger partial charge in [0.05, 0.1) is 18.7 Å². The van der Waals surface area contributed by atoms with Crippen molar-refractivity contribution < 1.29 is 27.6 Å². The predicted octanol–water partition coefficient (Wildman–Crippen LogP) is 2.88. The van der Waals surface area contributed by atoms with Gasteiger partial charge in [-0.1, -0.05) is 27.2 Å². The number of nitrogens with one attached hydrogen (secondary N) is 3. The van der Waals surface area contributed by atoms with Gasteiger partial charge < -0.3 is 15.5 Å². The average molecular weight is 528 g/mol. The number of nitrogens with zero attached hydrogens (tertiary/aromatic N) is 2. The SMILES string of the molecule is CC1(C)CC[C@@H](C[C@@H](C#N)NC(=O)[C@@H]2[C@H]3CCC[C@H]3CN2C(=O)[C@@H](NCC(F)(F)F)C(C)(C)C)C(=O)N1. The molecule has 11 heteroatoms. The van der Waals surface area contributed by atoms with Crippen molar-refractivity contribution in [1.82, 2.24) is 20.9 Å². The normalized spacial score (nSPS) is 29.2. The van der Waals surface area contributed by atoms with Gasteiger partial charge in [-0.05, 0) is 63.2 Å². The first-order valence-electron chi connectivity index (χ1n) is 13.1. The first-order chi connectivity index (χ1) is 17.0. The topological polar surface area (TPSA) is 114 Å². The molecule has 1 saturated carbocycles. The first-order valence-corrected chi connectivity index (χ1v) is 13.1. The number of alkyl halides is 3. The van der Waals surface area contributed by atoms with E-state index in [9.17, 15) is 32.8 Å². The molecule has 3 rings (SSSR count). The summed E-state index contributed by atoms with van der Waals surface area (Å²) in [5.41, 5.74) is -1.14. The Morgan fingerprint density at radius 3 is 2.46 bits per heavy atom. The minimum atomic E-state index is -4.48. The van der Waals surface area contributed by atoms with Gasteiger partial charge in [-0.15, -0.1) is 0 Å². The number of halogens is 3.